The van der Waals surface area contributed by atoms with Crippen molar-refractivity contribution in [1.82, 2.24) is 10.2 Å². The highest BCUT2D eigenvalue weighted by molar-refractivity contribution is 4.82. The van der Waals surface area contributed by atoms with Crippen LogP contribution in [0.4, 0.5) is 0 Å². The predicted octanol–water partition coefficient (Wildman–Crippen LogP) is 0.289. The van der Waals surface area contributed by atoms with Crippen molar-refractivity contribution in [1.29, 1.82) is 0 Å². The van der Waals surface area contributed by atoms with Gasteiger partial charge in [-0.15, -0.1) is 0 Å². The number of hydrogen-bond donors (Lipinski definition) is 1. The second kappa shape index (κ2) is 6.35. The second-order valence-electron chi connectivity index (χ2n) is 3.82. The van der Waals surface area contributed by atoms with Gasteiger partial charge in [0.15, 0.2) is 6.29 Å². The van der Waals surface area contributed by atoms with E-state index in [4.69, 9.17) is 9.47 Å². The maximum absolute atomic E-state index is 5.07. The minimum atomic E-state index is -0.124. The number of nitrogens with zero attached hydrogens (tertiary/aromatic N) is 1. The van der Waals surface area contributed by atoms with Crippen LogP contribution in [-0.2, 0) is 9.47 Å². The van der Waals surface area contributed by atoms with E-state index in [1.165, 1.54) is 12.8 Å². The second-order valence-corrected chi connectivity index (χ2v) is 3.82. The van der Waals surface area contributed by atoms with E-state index in [1.807, 2.05) is 0 Å². The average molecular weight is 202 g/mol. The maximum atomic E-state index is 5.07. The van der Waals surface area contributed by atoms with Crippen LogP contribution in [0.3, 0.4) is 0 Å². The lowest BCUT2D eigenvalue weighted by Gasteiger charge is -2.18. The van der Waals surface area contributed by atoms with Crippen LogP contribution in [-0.4, -0.2) is 58.1 Å². The Hall–Kier alpha value is -0.160. The summed E-state index contributed by atoms with van der Waals surface area (Å²) in [6.07, 6.45) is 2.62. The number of ether oxygens (including phenoxy) is 2. The first kappa shape index (κ1) is 11.9. The predicted molar refractivity (Wildman–Crippen MR) is 56.3 cm³/mol. The van der Waals surface area contributed by atoms with Gasteiger partial charge in [0.05, 0.1) is 0 Å². The van der Waals surface area contributed by atoms with E-state index in [1.54, 1.807) is 14.2 Å². The van der Waals surface area contributed by atoms with Crippen LogP contribution in [0.25, 0.3) is 0 Å². The van der Waals surface area contributed by atoms with Crippen LogP contribution in [0.1, 0.15) is 12.8 Å². The minimum absolute atomic E-state index is 0.124. The van der Waals surface area contributed by atoms with E-state index in [2.05, 4.69) is 17.3 Å². The Morgan fingerprint density at radius 2 is 2.00 bits per heavy atom. The standard InChI is InChI=1S/C10H22N2O2/c1-12(9-4-5-9)7-6-11-8-10(13-2)14-3/h9-11H,4-8H2,1-3H3. The Morgan fingerprint density at radius 3 is 2.50 bits per heavy atom. The van der Waals surface area contributed by atoms with E-state index < -0.39 is 0 Å². The molecule has 0 aromatic rings. The molecule has 0 atom stereocenters. The molecule has 0 aliphatic heterocycles. The summed E-state index contributed by atoms with van der Waals surface area (Å²) in [6, 6.07) is 0.845. The van der Waals surface area contributed by atoms with Gasteiger partial charge in [-0.2, -0.15) is 0 Å². The van der Waals surface area contributed by atoms with Gasteiger partial charge < -0.3 is 19.7 Å². The summed E-state index contributed by atoms with van der Waals surface area (Å²) >= 11 is 0. The first-order chi connectivity index (χ1) is 6.77. The summed E-state index contributed by atoms with van der Waals surface area (Å²) < 4.78 is 10.1. The highest BCUT2D eigenvalue weighted by atomic mass is 16.7. The third-order valence-electron chi connectivity index (χ3n) is 2.65. The van der Waals surface area contributed by atoms with E-state index >= 15 is 0 Å². The summed E-state index contributed by atoms with van der Waals surface area (Å²) in [4.78, 5) is 2.40. The summed E-state index contributed by atoms with van der Waals surface area (Å²) in [5.41, 5.74) is 0. The largest absolute Gasteiger partial charge is 0.355 e. The summed E-state index contributed by atoms with van der Waals surface area (Å²) in [6.45, 7) is 2.85. The molecule has 4 nitrogen and oxygen atoms in total. The lowest BCUT2D eigenvalue weighted by Crippen LogP contribution is -2.35. The van der Waals surface area contributed by atoms with Crippen molar-refractivity contribution in [3.05, 3.63) is 0 Å². The Balaban J connectivity index is 1.92. The third kappa shape index (κ3) is 4.37. The molecule has 0 saturated heterocycles. The van der Waals surface area contributed by atoms with Crippen LogP contribution in [0.5, 0.6) is 0 Å². The lowest BCUT2D eigenvalue weighted by atomic mass is 10.5. The zero-order chi connectivity index (χ0) is 10.4. The van der Waals surface area contributed by atoms with Gasteiger partial charge in [0, 0.05) is 39.9 Å². The molecule has 1 aliphatic carbocycles. The Bertz CT molecular complexity index is 143. The molecule has 0 radical (unpaired) electrons. The molecule has 0 heterocycles. The van der Waals surface area contributed by atoms with E-state index in [-0.39, 0.29) is 6.29 Å². The van der Waals surface area contributed by atoms with Crippen LogP contribution in [0.2, 0.25) is 0 Å². The van der Waals surface area contributed by atoms with Crippen molar-refractivity contribution in [3.63, 3.8) is 0 Å². The molecule has 1 aliphatic rings. The van der Waals surface area contributed by atoms with Gasteiger partial charge >= 0.3 is 0 Å². The fraction of sp³-hybridized carbons (Fsp3) is 1.00. The van der Waals surface area contributed by atoms with Gasteiger partial charge in [0.1, 0.15) is 0 Å². The van der Waals surface area contributed by atoms with Gasteiger partial charge in [0.25, 0.3) is 0 Å². The first-order valence-electron chi connectivity index (χ1n) is 5.24. The normalized spacial score (nSPS) is 16.9. The molecule has 1 fully saturated rings. The van der Waals surface area contributed by atoms with Gasteiger partial charge in [-0.3, -0.25) is 0 Å². The molecule has 0 bridgehead atoms. The molecule has 4 heteroatoms. The Kier molecular flexibility index (Phi) is 5.40. The number of likely N-dealkylation sites (N-methyl/N-ethyl adjacent to an activating group) is 1. The van der Waals surface area contributed by atoms with Gasteiger partial charge in [0.2, 0.25) is 0 Å². The molecule has 0 spiro atoms. The van der Waals surface area contributed by atoms with E-state index in [9.17, 15) is 0 Å². The molecule has 84 valence electrons. The Labute approximate surface area is 86.6 Å². The highest BCUT2D eigenvalue weighted by Gasteiger charge is 2.25. The van der Waals surface area contributed by atoms with Gasteiger partial charge in [-0.05, 0) is 19.9 Å². The highest BCUT2D eigenvalue weighted by Crippen LogP contribution is 2.24. The fourth-order valence-electron chi connectivity index (χ4n) is 1.44. The molecule has 14 heavy (non-hydrogen) atoms. The molecule has 1 rings (SSSR count). The molecular weight excluding hydrogens is 180 g/mol. The molecule has 0 unspecified atom stereocenters. The van der Waals surface area contributed by atoms with E-state index in [0.29, 0.717) is 0 Å². The summed E-state index contributed by atoms with van der Waals surface area (Å²) in [5, 5.41) is 3.31. The topological polar surface area (TPSA) is 33.7 Å². The number of rotatable bonds is 8. The van der Waals surface area contributed by atoms with Crippen molar-refractivity contribution in [3.8, 4) is 0 Å². The zero-order valence-electron chi connectivity index (χ0n) is 9.45. The van der Waals surface area contributed by atoms with E-state index in [0.717, 1.165) is 25.7 Å². The molecule has 0 aromatic carbocycles. The fourth-order valence-corrected chi connectivity index (χ4v) is 1.44. The number of hydrogen-bond acceptors (Lipinski definition) is 4. The molecule has 1 saturated carbocycles. The summed E-state index contributed by atoms with van der Waals surface area (Å²) in [5.74, 6) is 0. The van der Waals surface area contributed by atoms with Gasteiger partial charge in [-0.25, -0.2) is 0 Å². The van der Waals surface area contributed by atoms with Gasteiger partial charge in [-0.1, -0.05) is 0 Å². The van der Waals surface area contributed by atoms with Crippen LogP contribution < -0.4 is 5.32 Å². The first-order valence-corrected chi connectivity index (χ1v) is 5.24. The van der Waals surface area contributed by atoms with Crippen molar-refractivity contribution in [2.24, 2.45) is 0 Å². The average Bonchev–Trinajstić information content (AvgIpc) is 3.01. The zero-order valence-corrected chi connectivity index (χ0v) is 9.45. The Morgan fingerprint density at radius 1 is 1.36 bits per heavy atom. The smallest absolute Gasteiger partial charge is 0.169 e. The van der Waals surface area contributed by atoms with Crippen molar-refractivity contribution in [2.75, 3.05) is 40.9 Å². The minimum Gasteiger partial charge on any atom is -0.355 e. The SMILES string of the molecule is COC(CNCCN(C)C1CC1)OC. The van der Waals surface area contributed by atoms with Crippen LogP contribution in [0, 0.1) is 0 Å². The number of nitrogens with one attached hydrogen (secondary N) is 1. The lowest BCUT2D eigenvalue weighted by molar-refractivity contribution is -0.0987. The third-order valence-corrected chi connectivity index (χ3v) is 2.65. The van der Waals surface area contributed by atoms with Crippen molar-refractivity contribution in [2.45, 2.75) is 25.2 Å². The molecule has 0 amide bonds. The maximum Gasteiger partial charge on any atom is 0.169 e. The number of methoxy groups -OCH3 is 2. The monoisotopic (exact) mass is 202 g/mol. The van der Waals surface area contributed by atoms with Crippen LogP contribution in [0.15, 0.2) is 0 Å². The summed E-state index contributed by atoms with van der Waals surface area (Å²) in [7, 11) is 5.50. The van der Waals surface area contributed by atoms with Crippen LogP contribution >= 0.6 is 0 Å². The quantitative estimate of drug-likeness (QED) is 0.453. The molecular formula is C10H22N2O2. The molecule has 0 aromatic heterocycles. The molecule has 1 N–H and O–H groups in total. The van der Waals surface area contributed by atoms with Crippen molar-refractivity contribution < 1.29 is 9.47 Å². The van der Waals surface area contributed by atoms with Crippen molar-refractivity contribution >= 4 is 0 Å².